The second kappa shape index (κ2) is 18.2. The Bertz CT molecular complexity index is 2820. The van der Waals surface area contributed by atoms with Gasteiger partial charge in [0.1, 0.15) is 6.10 Å². The van der Waals surface area contributed by atoms with Gasteiger partial charge in [-0.3, -0.25) is 0 Å². The molecule has 4 heterocycles. The molecule has 16 unspecified atom stereocenters. The quantitative estimate of drug-likeness (QED) is 0.254. The SMILES string of the molecule is C1=CCCC(N2C3CCC(C4C=CC5C(C4)C4CC(C6C=CC7C(C6)C6CCC=CC6N7C6=CC=CCC6)C=CC4N5C4=CC=C(OC5C=c6c7c(sc6=CC5)CCCC7)CC4)C=C3C3CCC=CC32)=C1. The summed E-state index contributed by atoms with van der Waals surface area (Å²) in [6.07, 6.45) is 78.6. The molecule has 14 aliphatic rings. The Kier molecular flexibility index (Phi) is 11.3. The Morgan fingerprint density at radius 1 is 0.493 bits per heavy atom. The molecule has 71 heavy (non-hydrogen) atoms. The summed E-state index contributed by atoms with van der Waals surface area (Å²) in [6, 6.07) is 3.22. The largest absolute Gasteiger partial charge is 0.490 e. The van der Waals surface area contributed by atoms with E-state index in [4.69, 9.17) is 4.74 Å². The Morgan fingerprint density at radius 3 is 1.85 bits per heavy atom. The van der Waals surface area contributed by atoms with Gasteiger partial charge in [-0.25, -0.2) is 0 Å². The van der Waals surface area contributed by atoms with Gasteiger partial charge in [0, 0.05) is 45.3 Å². The molecule has 0 bridgehead atoms. The first kappa shape index (κ1) is 44.0. The van der Waals surface area contributed by atoms with Crippen LogP contribution in [0.25, 0.3) is 12.2 Å². The number of hydrogen-bond donors (Lipinski definition) is 0. The third-order valence-electron chi connectivity index (χ3n) is 21.1. The zero-order valence-corrected chi connectivity index (χ0v) is 43.0. The minimum Gasteiger partial charge on any atom is -0.490 e. The predicted molar refractivity (Wildman–Crippen MR) is 292 cm³/mol. The van der Waals surface area contributed by atoms with Crippen LogP contribution in [0.3, 0.4) is 0 Å². The first-order chi connectivity index (χ1) is 35.2. The molecule has 3 fully saturated rings. The molecule has 0 radical (unpaired) electrons. The molecule has 3 aliphatic heterocycles. The number of nitrogens with zero attached hydrogens (tertiary/aromatic N) is 3. The molecular formula is C66H77N3OS. The highest BCUT2D eigenvalue weighted by atomic mass is 32.1. The van der Waals surface area contributed by atoms with Gasteiger partial charge in [0.25, 0.3) is 0 Å². The molecule has 3 saturated heterocycles. The molecule has 4 nitrogen and oxygen atoms in total. The van der Waals surface area contributed by atoms with Crippen LogP contribution in [0.4, 0.5) is 0 Å². The summed E-state index contributed by atoms with van der Waals surface area (Å²) >= 11 is 2.05. The number of thiophene rings is 1. The molecule has 16 atom stereocenters. The summed E-state index contributed by atoms with van der Waals surface area (Å²) in [5, 5.41) is 1.51. The van der Waals surface area contributed by atoms with Crippen LogP contribution in [-0.4, -0.2) is 57.1 Å². The van der Waals surface area contributed by atoms with Gasteiger partial charge in [0.15, 0.2) is 0 Å². The number of rotatable bonds is 7. The van der Waals surface area contributed by atoms with Crippen LogP contribution in [0.15, 0.2) is 144 Å². The maximum atomic E-state index is 6.89. The van der Waals surface area contributed by atoms with Crippen molar-refractivity contribution in [1.29, 1.82) is 0 Å². The predicted octanol–water partition coefficient (Wildman–Crippen LogP) is 13.0. The highest BCUT2D eigenvalue weighted by Crippen LogP contribution is 2.57. The molecule has 0 amide bonds. The first-order valence-electron chi connectivity index (χ1n) is 29.2. The van der Waals surface area contributed by atoms with Crippen LogP contribution >= 0.6 is 11.3 Å². The Hall–Kier alpha value is -4.48. The van der Waals surface area contributed by atoms with E-state index in [0.717, 1.165) is 31.1 Å². The maximum absolute atomic E-state index is 6.89. The molecule has 11 aliphatic carbocycles. The van der Waals surface area contributed by atoms with Gasteiger partial charge in [-0.05, 0) is 210 Å². The van der Waals surface area contributed by atoms with Gasteiger partial charge in [-0.1, -0.05) is 97.2 Å². The number of likely N-dealkylation sites (tertiary alicyclic amines) is 3. The van der Waals surface area contributed by atoms with Gasteiger partial charge >= 0.3 is 0 Å². The summed E-state index contributed by atoms with van der Waals surface area (Å²) in [4.78, 5) is 10.4. The highest BCUT2D eigenvalue weighted by molar-refractivity contribution is 7.10. The Labute approximate surface area is 428 Å². The van der Waals surface area contributed by atoms with Crippen LogP contribution in [0, 0.1) is 53.3 Å². The van der Waals surface area contributed by atoms with Crippen molar-refractivity contribution in [1.82, 2.24) is 14.7 Å². The van der Waals surface area contributed by atoms with E-state index in [9.17, 15) is 0 Å². The van der Waals surface area contributed by atoms with Crippen molar-refractivity contribution in [3.8, 4) is 0 Å². The van der Waals surface area contributed by atoms with Crippen molar-refractivity contribution in [2.45, 2.75) is 171 Å². The topological polar surface area (TPSA) is 19.0 Å². The summed E-state index contributed by atoms with van der Waals surface area (Å²) in [6.45, 7) is 0. The van der Waals surface area contributed by atoms with Crippen molar-refractivity contribution in [2.24, 2.45) is 53.3 Å². The summed E-state index contributed by atoms with van der Waals surface area (Å²) < 4.78 is 8.40. The van der Waals surface area contributed by atoms with Crippen molar-refractivity contribution in [3.63, 3.8) is 0 Å². The zero-order chi connectivity index (χ0) is 46.6. The minimum atomic E-state index is 0.152. The lowest BCUT2D eigenvalue weighted by atomic mass is 9.64. The van der Waals surface area contributed by atoms with E-state index in [1.807, 2.05) is 5.57 Å². The maximum Gasteiger partial charge on any atom is 0.121 e. The highest BCUT2D eigenvalue weighted by Gasteiger charge is 2.55. The van der Waals surface area contributed by atoms with Crippen LogP contribution in [0.5, 0.6) is 0 Å². The van der Waals surface area contributed by atoms with Crippen molar-refractivity contribution < 1.29 is 4.74 Å². The molecule has 0 N–H and O–H groups in total. The molecule has 1 aromatic heterocycles. The van der Waals surface area contributed by atoms with Crippen LogP contribution in [0.2, 0.25) is 0 Å². The van der Waals surface area contributed by atoms with Gasteiger partial charge < -0.3 is 19.4 Å². The Morgan fingerprint density at radius 2 is 1.14 bits per heavy atom. The van der Waals surface area contributed by atoms with Gasteiger partial charge in [0.05, 0.1) is 42.0 Å². The molecule has 1 aromatic rings. The summed E-state index contributed by atoms with van der Waals surface area (Å²) in [5.74, 6) is 7.33. The van der Waals surface area contributed by atoms with Crippen molar-refractivity contribution in [3.05, 3.63) is 164 Å². The monoisotopic (exact) mass is 960 g/mol. The van der Waals surface area contributed by atoms with E-state index in [1.165, 1.54) is 125 Å². The lowest BCUT2D eigenvalue weighted by Crippen LogP contribution is -2.39. The van der Waals surface area contributed by atoms with Gasteiger partial charge in [-0.15, -0.1) is 11.3 Å². The third kappa shape index (κ3) is 7.52. The van der Waals surface area contributed by atoms with Crippen LogP contribution in [-0.2, 0) is 17.6 Å². The lowest BCUT2D eigenvalue weighted by molar-refractivity contribution is 0.158. The van der Waals surface area contributed by atoms with Crippen molar-refractivity contribution in [2.75, 3.05) is 0 Å². The van der Waals surface area contributed by atoms with Crippen molar-refractivity contribution >= 4 is 23.5 Å². The molecule has 368 valence electrons. The van der Waals surface area contributed by atoms with E-state index >= 15 is 0 Å². The lowest BCUT2D eigenvalue weighted by Gasteiger charge is -2.41. The number of hydrogen-bond acceptors (Lipinski definition) is 5. The number of aryl methyl sites for hydroxylation is 1. The van der Waals surface area contributed by atoms with E-state index in [-0.39, 0.29) is 6.10 Å². The molecular weight excluding hydrogens is 883 g/mol. The van der Waals surface area contributed by atoms with Gasteiger partial charge in [0.2, 0.25) is 0 Å². The fraction of sp³-hybridized carbons (Fsp3) is 0.545. The van der Waals surface area contributed by atoms with Crippen LogP contribution < -0.4 is 9.75 Å². The average Bonchev–Trinajstić information content (AvgIpc) is 4.17. The normalized spacial score (nSPS) is 41.1. The molecule has 0 aromatic carbocycles. The number of allylic oxidation sites excluding steroid dienone is 18. The second-order valence-corrected chi connectivity index (χ2v) is 25.7. The number of ether oxygens (including phenoxy) is 1. The van der Waals surface area contributed by atoms with E-state index in [2.05, 4.69) is 154 Å². The summed E-state index contributed by atoms with van der Waals surface area (Å²) in [7, 11) is 0. The van der Waals surface area contributed by atoms with E-state index in [1.54, 1.807) is 27.5 Å². The average molecular weight is 960 g/mol. The van der Waals surface area contributed by atoms with E-state index < -0.39 is 0 Å². The minimum absolute atomic E-state index is 0.152. The molecule has 0 saturated carbocycles. The molecule has 15 rings (SSSR count). The van der Waals surface area contributed by atoms with Gasteiger partial charge in [-0.2, -0.15) is 0 Å². The second-order valence-electron chi connectivity index (χ2n) is 24.5. The Balaban J connectivity index is 0.719. The zero-order valence-electron chi connectivity index (χ0n) is 42.2. The fourth-order valence-electron chi connectivity index (χ4n) is 18.0. The third-order valence-corrected chi connectivity index (χ3v) is 22.4. The standard InChI is InChI=1S/C66H77N3OS/c1-3-13-46(14-4-1)67-59-20-10-7-17-51(59)54-37-42(23-32-61(54)67)44-25-34-63-56(39-44)57-40-45(43-24-33-62-55(38-43)52-18-8-11-21-60(52)68(62)47-15-5-2-6-16-47)26-35-64(57)69(63)48-27-29-49(30-28-48)70-50-31-36-66-58(41-50)53-19-9-12-22-65(53)71-66/h1-3,5,10-11,13,15,20-21,23,25-27,29,32,34-36,38,41-45,50-52,54,56-57,59-64H,4,6-9,12,14,16-19,22,24,28,30-31,33,37,39-40H2. The fourth-order valence-corrected chi connectivity index (χ4v) is 19.3. The van der Waals surface area contributed by atoms with Crippen LogP contribution in [0.1, 0.15) is 126 Å². The molecule has 0 spiro atoms. The summed E-state index contributed by atoms with van der Waals surface area (Å²) in [5.41, 5.74) is 8.16. The smallest absolute Gasteiger partial charge is 0.121 e. The molecule has 5 heteroatoms. The number of fused-ring (bicyclic) bond motifs is 12. The van der Waals surface area contributed by atoms with E-state index in [0.29, 0.717) is 77.7 Å². The first-order valence-corrected chi connectivity index (χ1v) is 30.1.